The fraction of sp³-hybridized carbons (Fsp3) is 0.316. The second kappa shape index (κ2) is 8.40. The molecule has 0 atom stereocenters. The summed E-state index contributed by atoms with van der Waals surface area (Å²) >= 11 is 0. The summed E-state index contributed by atoms with van der Waals surface area (Å²) in [5, 5.41) is 9.85. The summed E-state index contributed by atoms with van der Waals surface area (Å²) < 4.78 is 16.5. The standard InChI is InChI=1S/C19H25NO4Si/c1-14-10-16(13-25(22-3,23-4)24-5)11-15(2)19(14)20-12-17-8-6-7-9-18(17)21/h6-12,21H,13H2,1-5H3. The molecule has 0 aliphatic rings. The number of para-hydroxylation sites is 1. The fourth-order valence-electron chi connectivity index (χ4n) is 2.80. The molecule has 0 radical (unpaired) electrons. The zero-order valence-electron chi connectivity index (χ0n) is 15.4. The molecule has 0 unspecified atom stereocenters. The highest BCUT2D eigenvalue weighted by Gasteiger charge is 2.38. The third-order valence-corrected chi connectivity index (χ3v) is 6.88. The van der Waals surface area contributed by atoms with Gasteiger partial charge in [-0.25, -0.2) is 0 Å². The number of rotatable bonds is 7. The Hall–Kier alpha value is -1.99. The number of aliphatic imine (C=N–C) groups is 1. The highest BCUT2D eigenvalue weighted by Crippen LogP contribution is 2.27. The summed E-state index contributed by atoms with van der Waals surface area (Å²) in [6.45, 7) is 4.04. The van der Waals surface area contributed by atoms with Crippen LogP contribution in [0.2, 0.25) is 0 Å². The van der Waals surface area contributed by atoms with E-state index in [2.05, 4.69) is 17.1 Å². The van der Waals surface area contributed by atoms with Crippen LogP contribution in [0.25, 0.3) is 0 Å². The van der Waals surface area contributed by atoms with Gasteiger partial charge in [0.1, 0.15) is 5.75 Å². The van der Waals surface area contributed by atoms with Crippen LogP contribution in [-0.4, -0.2) is 41.5 Å². The van der Waals surface area contributed by atoms with Gasteiger partial charge in [-0.1, -0.05) is 24.3 Å². The lowest BCUT2D eigenvalue weighted by molar-refractivity contribution is 0.122. The zero-order valence-corrected chi connectivity index (χ0v) is 16.4. The van der Waals surface area contributed by atoms with Crippen LogP contribution in [0.1, 0.15) is 22.3 Å². The third-order valence-electron chi connectivity index (χ3n) is 4.17. The Kier molecular flexibility index (Phi) is 6.49. The number of phenols is 1. The summed E-state index contributed by atoms with van der Waals surface area (Å²) in [7, 11) is 2.17. The molecule has 0 fully saturated rings. The van der Waals surface area contributed by atoms with Crippen LogP contribution in [0.15, 0.2) is 41.4 Å². The van der Waals surface area contributed by atoms with E-state index in [1.165, 1.54) is 0 Å². The molecule has 25 heavy (non-hydrogen) atoms. The largest absolute Gasteiger partial charge is 0.507 e. The average Bonchev–Trinajstić information content (AvgIpc) is 2.60. The first-order valence-electron chi connectivity index (χ1n) is 8.02. The van der Waals surface area contributed by atoms with Gasteiger partial charge >= 0.3 is 8.80 Å². The lowest BCUT2D eigenvalue weighted by Gasteiger charge is -2.24. The first-order chi connectivity index (χ1) is 11.9. The van der Waals surface area contributed by atoms with Crippen molar-refractivity contribution in [2.24, 2.45) is 4.99 Å². The van der Waals surface area contributed by atoms with Crippen molar-refractivity contribution >= 4 is 20.7 Å². The molecule has 134 valence electrons. The van der Waals surface area contributed by atoms with Gasteiger partial charge in [-0.05, 0) is 42.7 Å². The SMILES string of the molecule is CO[Si](Cc1cc(C)c(N=Cc2ccccc2O)c(C)c1)(OC)OC. The van der Waals surface area contributed by atoms with E-state index in [-0.39, 0.29) is 5.75 Å². The Morgan fingerprint density at radius 3 is 2.08 bits per heavy atom. The molecule has 2 rings (SSSR count). The smallest absolute Gasteiger partial charge is 0.504 e. The second-order valence-electron chi connectivity index (χ2n) is 5.87. The fourth-order valence-corrected chi connectivity index (χ4v) is 4.44. The van der Waals surface area contributed by atoms with Crippen LogP contribution in [0.4, 0.5) is 5.69 Å². The highest BCUT2D eigenvalue weighted by molar-refractivity contribution is 6.60. The van der Waals surface area contributed by atoms with Crippen LogP contribution in [-0.2, 0) is 19.3 Å². The predicted molar refractivity (Wildman–Crippen MR) is 102 cm³/mol. The molecule has 0 aromatic heterocycles. The van der Waals surface area contributed by atoms with Crippen molar-refractivity contribution in [2.75, 3.05) is 21.3 Å². The molecular formula is C19H25NO4Si. The Morgan fingerprint density at radius 2 is 1.56 bits per heavy atom. The molecule has 0 saturated carbocycles. The van der Waals surface area contributed by atoms with Gasteiger partial charge in [0.15, 0.2) is 0 Å². The van der Waals surface area contributed by atoms with E-state index in [1.807, 2.05) is 26.0 Å². The minimum absolute atomic E-state index is 0.217. The maximum absolute atomic E-state index is 9.85. The molecule has 2 aromatic rings. The minimum Gasteiger partial charge on any atom is -0.507 e. The van der Waals surface area contributed by atoms with Crippen molar-refractivity contribution in [3.8, 4) is 5.75 Å². The zero-order chi connectivity index (χ0) is 18.4. The molecule has 6 heteroatoms. The number of aryl methyl sites for hydroxylation is 2. The molecule has 0 aliphatic heterocycles. The maximum atomic E-state index is 9.85. The molecule has 5 nitrogen and oxygen atoms in total. The van der Waals surface area contributed by atoms with Gasteiger partial charge in [-0.2, -0.15) is 0 Å². The Labute approximate surface area is 150 Å². The molecule has 0 heterocycles. The van der Waals surface area contributed by atoms with Gasteiger partial charge < -0.3 is 18.4 Å². The van der Waals surface area contributed by atoms with Gasteiger partial charge in [0.05, 0.1) is 5.69 Å². The van der Waals surface area contributed by atoms with Crippen LogP contribution < -0.4 is 0 Å². The second-order valence-corrected chi connectivity index (χ2v) is 8.81. The molecule has 0 bridgehead atoms. The summed E-state index contributed by atoms with van der Waals surface area (Å²) in [6, 6.07) is 11.9. The topological polar surface area (TPSA) is 60.3 Å². The van der Waals surface area contributed by atoms with Gasteiger partial charge in [0.25, 0.3) is 0 Å². The summed E-state index contributed by atoms with van der Waals surface area (Å²) in [6.07, 6.45) is 1.68. The van der Waals surface area contributed by atoms with Crippen molar-refractivity contribution in [3.05, 3.63) is 58.7 Å². The van der Waals surface area contributed by atoms with E-state index in [0.29, 0.717) is 11.6 Å². The summed E-state index contributed by atoms with van der Waals surface area (Å²) in [5.41, 5.74) is 4.77. The molecule has 0 amide bonds. The Morgan fingerprint density at radius 1 is 1.00 bits per heavy atom. The molecule has 2 aromatic carbocycles. The molecular weight excluding hydrogens is 334 g/mol. The highest BCUT2D eigenvalue weighted by atomic mass is 28.4. The quantitative estimate of drug-likeness (QED) is 0.605. The normalized spacial score (nSPS) is 12.0. The van der Waals surface area contributed by atoms with E-state index < -0.39 is 8.80 Å². The van der Waals surface area contributed by atoms with Crippen LogP contribution in [0.5, 0.6) is 5.75 Å². The van der Waals surface area contributed by atoms with Crippen LogP contribution in [0, 0.1) is 13.8 Å². The van der Waals surface area contributed by atoms with Crippen molar-refractivity contribution in [1.82, 2.24) is 0 Å². The van der Waals surface area contributed by atoms with Gasteiger partial charge in [-0.3, -0.25) is 4.99 Å². The number of hydrogen-bond acceptors (Lipinski definition) is 5. The molecule has 0 spiro atoms. The van der Waals surface area contributed by atoms with Gasteiger partial charge in [0, 0.05) is 39.2 Å². The van der Waals surface area contributed by atoms with Crippen molar-refractivity contribution in [1.29, 1.82) is 0 Å². The average molecular weight is 359 g/mol. The number of nitrogens with zero attached hydrogens (tertiary/aromatic N) is 1. The monoisotopic (exact) mass is 359 g/mol. The van der Waals surface area contributed by atoms with E-state index in [9.17, 15) is 5.11 Å². The first kappa shape index (κ1) is 19.3. The lowest BCUT2D eigenvalue weighted by Crippen LogP contribution is -2.45. The van der Waals surface area contributed by atoms with Crippen molar-refractivity contribution in [3.63, 3.8) is 0 Å². The summed E-state index contributed by atoms with van der Waals surface area (Å²) in [4.78, 5) is 4.57. The van der Waals surface area contributed by atoms with E-state index in [4.69, 9.17) is 13.3 Å². The van der Waals surface area contributed by atoms with Crippen LogP contribution in [0.3, 0.4) is 0 Å². The summed E-state index contributed by atoms with van der Waals surface area (Å²) in [5.74, 6) is 0.217. The van der Waals surface area contributed by atoms with Crippen molar-refractivity contribution in [2.45, 2.75) is 19.9 Å². The molecule has 0 aliphatic carbocycles. The van der Waals surface area contributed by atoms with Gasteiger partial charge in [-0.15, -0.1) is 0 Å². The van der Waals surface area contributed by atoms with E-state index >= 15 is 0 Å². The van der Waals surface area contributed by atoms with E-state index in [0.717, 1.165) is 22.4 Å². The van der Waals surface area contributed by atoms with Crippen LogP contribution >= 0.6 is 0 Å². The third kappa shape index (κ3) is 4.55. The first-order valence-corrected chi connectivity index (χ1v) is 9.95. The number of hydrogen-bond donors (Lipinski definition) is 1. The predicted octanol–water partition coefficient (Wildman–Crippen LogP) is 3.72. The number of benzene rings is 2. The number of aromatic hydroxyl groups is 1. The van der Waals surface area contributed by atoms with E-state index in [1.54, 1.807) is 39.7 Å². The van der Waals surface area contributed by atoms with Crippen molar-refractivity contribution < 1.29 is 18.4 Å². The Bertz CT molecular complexity index is 726. The number of phenolic OH excluding ortho intramolecular Hbond substituents is 1. The molecule has 0 saturated heterocycles. The maximum Gasteiger partial charge on any atom is 0.504 e. The Balaban J connectivity index is 2.30. The minimum atomic E-state index is -2.67. The lowest BCUT2D eigenvalue weighted by atomic mass is 10.1. The van der Waals surface area contributed by atoms with Gasteiger partial charge in [0.2, 0.25) is 0 Å². The molecule has 1 N–H and O–H groups in total.